The van der Waals surface area contributed by atoms with Crippen LogP contribution in [0, 0.1) is 5.92 Å². The van der Waals surface area contributed by atoms with Crippen LogP contribution in [-0.4, -0.2) is 37.8 Å². The lowest BCUT2D eigenvalue weighted by Gasteiger charge is -2.35. The highest BCUT2D eigenvalue weighted by Gasteiger charge is 2.44. The van der Waals surface area contributed by atoms with E-state index >= 15 is 0 Å². The number of carbonyl (C=O) groups excluding carboxylic acids is 2. The number of ketones is 1. The van der Waals surface area contributed by atoms with Crippen molar-refractivity contribution in [1.82, 2.24) is 0 Å². The van der Waals surface area contributed by atoms with Crippen molar-refractivity contribution in [1.29, 1.82) is 0 Å². The zero-order valence-corrected chi connectivity index (χ0v) is 18.6. The number of methoxy groups -OCH3 is 2. The molecule has 0 saturated heterocycles. The molecule has 1 fully saturated rings. The number of esters is 1. The van der Waals surface area contributed by atoms with Crippen molar-refractivity contribution < 1.29 is 23.8 Å². The van der Waals surface area contributed by atoms with Gasteiger partial charge >= 0.3 is 5.97 Å². The molecule has 1 aliphatic heterocycles. The molecule has 0 bridgehead atoms. The molecule has 0 N–H and O–H groups in total. The summed E-state index contributed by atoms with van der Waals surface area (Å²) in [5.74, 6) is -0.0504. The van der Waals surface area contributed by atoms with Crippen LogP contribution < -0.4 is 9.47 Å². The van der Waals surface area contributed by atoms with Crippen molar-refractivity contribution in [3.8, 4) is 11.5 Å². The summed E-state index contributed by atoms with van der Waals surface area (Å²) in [5, 5.41) is 0. The van der Waals surface area contributed by atoms with E-state index in [0.717, 1.165) is 49.8 Å². The van der Waals surface area contributed by atoms with Gasteiger partial charge in [-0.1, -0.05) is 12.5 Å². The summed E-state index contributed by atoms with van der Waals surface area (Å²) in [5.41, 5.74) is 3.04. The Morgan fingerprint density at radius 2 is 1.74 bits per heavy atom. The summed E-state index contributed by atoms with van der Waals surface area (Å²) in [6.07, 6.45) is 7.17. The second-order valence-corrected chi connectivity index (χ2v) is 8.66. The van der Waals surface area contributed by atoms with Crippen LogP contribution in [0.25, 0.3) is 0 Å². The van der Waals surface area contributed by atoms with Crippen molar-refractivity contribution in [2.24, 2.45) is 10.9 Å². The molecule has 2 atom stereocenters. The molecular weight excluding hydrogens is 394 g/mol. The van der Waals surface area contributed by atoms with Gasteiger partial charge in [0, 0.05) is 29.3 Å². The van der Waals surface area contributed by atoms with Crippen LogP contribution >= 0.6 is 0 Å². The first-order valence-corrected chi connectivity index (χ1v) is 11.3. The summed E-state index contributed by atoms with van der Waals surface area (Å²) in [4.78, 5) is 31.2. The predicted molar refractivity (Wildman–Crippen MR) is 118 cm³/mol. The van der Waals surface area contributed by atoms with Gasteiger partial charge in [-0.2, -0.15) is 0 Å². The third kappa shape index (κ3) is 4.25. The normalized spacial score (nSPS) is 24.4. The van der Waals surface area contributed by atoms with Crippen molar-refractivity contribution in [2.75, 3.05) is 14.2 Å². The number of hydrogen-bond donors (Lipinski definition) is 0. The van der Waals surface area contributed by atoms with Crippen molar-refractivity contribution in [3.63, 3.8) is 0 Å². The van der Waals surface area contributed by atoms with Crippen LogP contribution in [0.3, 0.4) is 0 Å². The molecule has 1 aromatic carbocycles. The number of nitrogens with zero attached hydrogens (tertiary/aromatic N) is 1. The lowest BCUT2D eigenvalue weighted by atomic mass is 9.71. The molecule has 6 heteroatoms. The van der Waals surface area contributed by atoms with E-state index in [0.29, 0.717) is 29.2 Å². The van der Waals surface area contributed by atoms with Gasteiger partial charge in [0.15, 0.2) is 17.3 Å². The first-order chi connectivity index (χ1) is 15.0. The maximum atomic E-state index is 13.4. The molecule has 1 saturated carbocycles. The van der Waals surface area contributed by atoms with Crippen LogP contribution in [0.5, 0.6) is 11.5 Å². The predicted octanol–water partition coefficient (Wildman–Crippen LogP) is 4.76. The molecule has 4 rings (SSSR count). The summed E-state index contributed by atoms with van der Waals surface area (Å²) in [6, 6.07) is 5.61. The van der Waals surface area contributed by atoms with Crippen molar-refractivity contribution in [3.05, 3.63) is 35.0 Å². The van der Waals surface area contributed by atoms with Crippen molar-refractivity contribution >= 4 is 17.5 Å². The highest BCUT2D eigenvalue weighted by molar-refractivity contribution is 6.08. The van der Waals surface area contributed by atoms with E-state index in [-0.39, 0.29) is 17.9 Å². The van der Waals surface area contributed by atoms with E-state index in [9.17, 15) is 9.59 Å². The monoisotopic (exact) mass is 425 g/mol. The molecule has 0 amide bonds. The van der Waals surface area contributed by atoms with E-state index in [4.69, 9.17) is 19.2 Å². The number of hydrogen-bond acceptors (Lipinski definition) is 6. The Kier molecular flexibility index (Phi) is 6.44. The Balaban J connectivity index is 1.75. The molecule has 1 heterocycles. The average Bonchev–Trinajstić information content (AvgIpc) is 2.78. The largest absolute Gasteiger partial charge is 0.493 e. The topological polar surface area (TPSA) is 74.2 Å². The van der Waals surface area contributed by atoms with Gasteiger partial charge < -0.3 is 14.2 Å². The first-order valence-electron chi connectivity index (χ1n) is 11.3. The van der Waals surface area contributed by atoms with E-state index in [1.165, 1.54) is 6.42 Å². The Bertz CT molecular complexity index is 926. The third-order valence-corrected chi connectivity index (χ3v) is 6.69. The molecule has 1 unspecified atom stereocenters. The van der Waals surface area contributed by atoms with Crippen LogP contribution in [0.4, 0.5) is 0 Å². The maximum Gasteiger partial charge on any atom is 0.315 e. The van der Waals surface area contributed by atoms with Crippen LogP contribution in [-0.2, 0) is 14.3 Å². The molecule has 0 aromatic heterocycles. The highest BCUT2D eigenvalue weighted by Crippen LogP contribution is 2.45. The molecule has 1 aromatic rings. The number of ether oxygens (including phenoxy) is 3. The van der Waals surface area contributed by atoms with E-state index in [1.807, 2.05) is 25.1 Å². The minimum absolute atomic E-state index is 0.0439. The minimum atomic E-state index is -0.610. The van der Waals surface area contributed by atoms with E-state index < -0.39 is 11.8 Å². The van der Waals surface area contributed by atoms with E-state index in [2.05, 4.69) is 0 Å². The van der Waals surface area contributed by atoms with Crippen LogP contribution in [0.15, 0.2) is 34.5 Å². The quantitative estimate of drug-likeness (QED) is 0.636. The lowest BCUT2D eigenvalue weighted by Crippen LogP contribution is -2.38. The fourth-order valence-electron chi connectivity index (χ4n) is 5.14. The van der Waals surface area contributed by atoms with Crippen LogP contribution in [0.1, 0.15) is 69.8 Å². The molecule has 166 valence electrons. The zero-order chi connectivity index (χ0) is 22.0. The van der Waals surface area contributed by atoms with Gasteiger partial charge in [-0.15, -0.1) is 0 Å². The Hall–Kier alpha value is -2.63. The minimum Gasteiger partial charge on any atom is -0.493 e. The number of carbonyl (C=O) groups is 2. The molecule has 3 aliphatic rings. The fourth-order valence-corrected chi connectivity index (χ4v) is 5.14. The summed E-state index contributed by atoms with van der Waals surface area (Å²) < 4.78 is 16.8. The number of benzene rings is 1. The van der Waals surface area contributed by atoms with Crippen LogP contribution in [0.2, 0.25) is 0 Å². The van der Waals surface area contributed by atoms with Crippen molar-refractivity contribution in [2.45, 2.75) is 70.3 Å². The van der Waals surface area contributed by atoms with Gasteiger partial charge in [-0.05, 0) is 63.1 Å². The smallest absolute Gasteiger partial charge is 0.315 e. The number of Topliss-reactive ketones (excluding diaryl/α,β-unsaturated/α-hetero) is 1. The fraction of sp³-hybridized carbons (Fsp3) is 0.560. The zero-order valence-electron chi connectivity index (χ0n) is 18.6. The van der Waals surface area contributed by atoms with Gasteiger partial charge in [-0.3, -0.25) is 14.6 Å². The highest BCUT2D eigenvalue weighted by atomic mass is 16.5. The molecular formula is C25H31NO5. The standard InChI is InChI=1S/C25H31NO5/c1-15-22(25(28)31-17-8-5-4-6-9-17)23(24-18(26-15)10-7-11-19(24)27)16-12-13-20(29-2)21(14-16)30-3/h12-14,17,22-23H,4-11H2,1-3H3/t22?,23-/m1/s1. The molecule has 2 aliphatic carbocycles. The Labute approximate surface area is 183 Å². The van der Waals surface area contributed by atoms with Gasteiger partial charge in [0.1, 0.15) is 12.0 Å². The lowest BCUT2D eigenvalue weighted by molar-refractivity contribution is -0.153. The second-order valence-electron chi connectivity index (χ2n) is 8.66. The first kappa shape index (κ1) is 21.6. The average molecular weight is 426 g/mol. The third-order valence-electron chi connectivity index (χ3n) is 6.69. The second kappa shape index (κ2) is 9.25. The summed E-state index contributed by atoms with van der Waals surface area (Å²) >= 11 is 0. The van der Waals surface area contributed by atoms with Gasteiger partial charge in [0.2, 0.25) is 0 Å². The number of aliphatic imine (C=N–C) groups is 1. The molecule has 0 spiro atoms. The molecule has 0 radical (unpaired) electrons. The molecule has 6 nitrogen and oxygen atoms in total. The maximum absolute atomic E-state index is 13.4. The molecule has 31 heavy (non-hydrogen) atoms. The Morgan fingerprint density at radius 3 is 2.45 bits per heavy atom. The number of rotatable bonds is 5. The van der Waals surface area contributed by atoms with Gasteiger partial charge in [-0.25, -0.2) is 0 Å². The van der Waals surface area contributed by atoms with E-state index in [1.54, 1.807) is 14.2 Å². The summed E-state index contributed by atoms with van der Waals surface area (Å²) in [6.45, 7) is 1.88. The summed E-state index contributed by atoms with van der Waals surface area (Å²) in [7, 11) is 3.17. The Morgan fingerprint density at radius 1 is 1.00 bits per heavy atom. The van der Waals surface area contributed by atoms with Gasteiger partial charge in [0.05, 0.1) is 14.2 Å². The number of allylic oxidation sites excluding steroid dienone is 2. The van der Waals surface area contributed by atoms with Gasteiger partial charge in [0.25, 0.3) is 0 Å². The SMILES string of the molecule is COc1ccc([C@H]2C3=C(CCCC3=O)N=C(C)C2C(=O)OC2CCCCC2)cc1OC.